The molecule has 1 aromatic rings. The van der Waals surface area contributed by atoms with Crippen LogP contribution in [0.5, 0.6) is 0 Å². The van der Waals surface area contributed by atoms with Gasteiger partial charge in [0.1, 0.15) is 0 Å². The molecule has 0 bridgehead atoms. The van der Waals surface area contributed by atoms with Crippen LogP contribution in [0.3, 0.4) is 0 Å². The Hall–Kier alpha value is -0.690. The summed E-state index contributed by atoms with van der Waals surface area (Å²) in [6.45, 7) is 3.67. The predicted octanol–water partition coefficient (Wildman–Crippen LogP) is 2.76. The van der Waals surface area contributed by atoms with Gasteiger partial charge < -0.3 is 0 Å². The van der Waals surface area contributed by atoms with Crippen LogP contribution >= 0.6 is 12.6 Å². The summed E-state index contributed by atoms with van der Waals surface area (Å²) in [7, 11) is 0. The van der Waals surface area contributed by atoms with E-state index in [0.717, 1.165) is 11.3 Å². The Kier molecular flexibility index (Phi) is 2.57. The number of hydrogen-bond donors (Lipinski definition) is 1. The molecule has 52 valence electrons. The molecule has 0 fully saturated rings. The van der Waals surface area contributed by atoms with E-state index in [9.17, 15) is 0 Å². The lowest BCUT2D eigenvalue weighted by Gasteiger charge is -1.94. The molecule has 0 N–H and O–H groups in total. The maximum absolute atomic E-state index is 4.15. The third-order valence-corrected chi connectivity index (χ3v) is 1.76. The van der Waals surface area contributed by atoms with Crippen LogP contribution in [0.15, 0.2) is 30.8 Å². The van der Waals surface area contributed by atoms with Gasteiger partial charge in [0.15, 0.2) is 0 Å². The van der Waals surface area contributed by atoms with Crippen molar-refractivity contribution in [1.29, 1.82) is 0 Å². The molecule has 1 aromatic carbocycles. The van der Waals surface area contributed by atoms with Crippen LogP contribution in [-0.2, 0) is 5.75 Å². The van der Waals surface area contributed by atoms with E-state index < -0.39 is 0 Å². The molecule has 0 amide bonds. The largest absolute Gasteiger partial charge is 0.175 e. The summed E-state index contributed by atoms with van der Waals surface area (Å²) in [5.41, 5.74) is 2.40. The van der Waals surface area contributed by atoms with E-state index in [1.165, 1.54) is 5.56 Å². The van der Waals surface area contributed by atoms with Gasteiger partial charge in [0.05, 0.1) is 0 Å². The fraction of sp³-hybridized carbons (Fsp3) is 0.111. The molecule has 0 unspecified atom stereocenters. The van der Waals surface area contributed by atoms with E-state index in [-0.39, 0.29) is 0 Å². The van der Waals surface area contributed by atoms with Crippen LogP contribution in [0.25, 0.3) is 6.08 Å². The molecule has 10 heavy (non-hydrogen) atoms. The summed E-state index contributed by atoms with van der Waals surface area (Å²) in [4.78, 5) is 0. The monoisotopic (exact) mass is 150 g/mol. The fourth-order valence-corrected chi connectivity index (χ4v) is 0.970. The average Bonchev–Trinajstić information content (AvgIpc) is 2.05. The Balaban J connectivity index is 2.90. The van der Waals surface area contributed by atoms with Gasteiger partial charge in [0.25, 0.3) is 0 Å². The molecule has 0 aromatic heterocycles. The summed E-state index contributed by atoms with van der Waals surface area (Å²) in [5, 5.41) is 0. The molecule has 1 rings (SSSR count). The van der Waals surface area contributed by atoms with Gasteiger partial charge in [-0.05, 0) is 11.1 Å². The van der Waals surface area contributed by atoms with Crippen molar-refractivity contribution in [2.24, 2.45) is 0 Å². The average molecular weight is 150 g/mol. The first kappa shape index (κ1) is 7.42. The van der Waals surface area contributed by atoms with Gasteiger partial charge >= 0.3 is 0 Å². The number of thiol groups is 1. The van der Waals surface area contributed by atoms with E-state index >= 15 is 0 Å². The molecule has 0 atom stereocenters. The highest BCUT2D eigenvalue weighted by Crippen LogP contribution is 2.06. The van der Waals surface area contributed by atoms with E-state index in [2.05, 4.69) is 31.3 Å². The van der Waals surface area contributed by atoms with Gasteiger partial charge in [0, 0.05) is 5.75 Å². The minimum atomic E-state index is 0.803. The molecular weight excluding hydrogens is 140 g/mol. The van der Waals surface area contributed by atoms with Gasteiger partial charge in [-0.1, -0.05) is 36.9 Å². The second kappa shape index (κ2) is 3.47. The quantitative estimate of drug-likeness (QED) is 0.616. The minimum absolute atomic E-state index is 0.803. The smallest absolute Gasteiger partial charge is 0.0154 e. The minimum Gasteiger partial charge on any atom is -0.175 e. The molecule has 0 radical (unpaired) electrons. The zero-order chi connectivity index (χ0) is 7.40. The molecule has 0 spiro atoms. The summed E-state index contributed by atoms with van der Waals surface area (Å²) in [5.74, 6) is 0.803. The zero-order valence-corrected chi connectivity index (χ0v) is 6.64. The highest BCUT2D eigenvalue weighted by atomic mass is 32.1. The van der Waals surface area contributed by atoms with Gasteiger partial charge in [-0.25, -0.2) is 0 Å². The second-order valence-corrected chi connectivity index (χ2v) is 2.42. The Bertz CT molecular complexity index is 211. The highest BCUT2D eigenvalue weighted by Gasteiger charge is 1.86. The molecular formula is C9H10S. The van der Waals surface area contributed by atoms with Crippen LogP contribution in [0.4, 0.5) is 0 Å². The fourth-order valence-electron chi connectivity index (χ4n) is 0.759. The molecule has 0 aliphatic carbocycles. The van der Waals surface area contributed by atoms with Crippen molar-refractivity contribution >= 4 is 18.7 Å². The first-order valence-corrected chi connectivity index (χ1v) is 3.82. The van der Waals surface area contributed by atoms with Crippen LogP contribution < -0.4 is 0 Å². The van der Waals surface area contributed by atoms with Crippen molar-refractivity contribution in [1.82, 2.24) is 0 Å². The topological polar surface area (TPSA) is 0 Å². The first-order chi connectivity index (χ1) is 4.86. The van der Waals surface area contributed by atoms with Crippen LogP contribution in [0, 0.1) is 0 Å². The SMILES string of the molecule is C=Cc1ccc(CS)cc1. The molecule has 0 aliphatic heterocycles. The van der Waals surface area contributed by atoms with E-state index in [0.29, 0.717) is 0 Å². The van der Waals surface area contributed by atoms with Crippen LogP contribution in [-0.4, -0.2) is 0 Å². The lowest BCUT2D eigenvalue weighted by molar-refractivity contribution is 1.42. The highest BCUT2D eigenvalue weighted by molar-refractivity contribution is 7.79. The lowest BCUT2D eigenvalue weighted by atomic mass is 10.1. The number of hydrogen-bond acceptors (Lipinski definition) is 1. The van der Waals surface area contributed by atoms with Crippen molar-refractivity contribution in [3.8, 4) is 0 Å². The molecule has 0 heterocycles. The van der Waals surface area contributed by atoms with Gasteiger partial charge in [-0.2, -0.15) is 12.6 Å². The maximum atomic E-state index is 4.15. The van der Waals surface area contributed by atoms with Gasteiger partial charge in [-0.3, -0.25) is 0 Å². The van der Waals surface area contributed by atoms with Gasteiger partial charge in [0.2, 0.25) is 0 Å². The summed E-state index contributed by atoms with van der Waals surface area (Å²) < 4.78 is 0. The molecule has 0 saturated heterocycles. The standard InChI is InChI=1S/C9H10S/c1-2-8-3-5-9(7-10)6-4-8/h2-6,10H,1,7H2. The molecule has 0 nitrogen and oxygen atoms in total. The molecule has 0 aliphatic rings. The van der Waals surface area contributed by atoms with Crippen molar-refractivity contribution < 1.29 is 0 Å². The van der Waals surface area contributed by atoms with Crippen molar-refractivity contribution in [3.05, 3.63) is 42.0 Å². The van der Waals surface area contributed by atoms with Crippen LogP contribution in [0.2, 0.25) is 0 Å². The molecule has 1 heteroatoms. The third-order valence-electron chi connectivity index (χ3n) is 1.40. The van der Waals surface area contributed by atoms with Crippen LogP contribution in [0.1, 0.15) is 11.1 Å². The van der Waals surface area contributed by atoms with Crippen molar-refractivity contribution in [3.63, 3.8) is 0 Å². The lowest BCUT2D eigenvalue weighted by Crippen LogP contribution is -1.76. The van der Waals surface area contributed by atoms with E-state index in [1.807, 2.05) is 18.2 Å². The first-order valence-electron chi connectivity index (χ1n) is 3.19. The third kappa shape index (κ3) is 1.64. The summed E-state index contributed by atoms with van der Waals surface area (Å²) in [6.07, 6.45) is 1.84. The zero-order valence-electron chi connectivity index (χ0n) is 5.75. The second-order valence-electron chi connectivity index (χ2n) is 2.10. The predicted molar refractivity (Wildman–Crippen MR) is 49.2 cm³/mol. The summed E-state index contributed by atoms with van der Waals surface area (Å²) >= 11 is 4.15. The maximum Gasteiger partial charge on any atom is 0.0154 e. The Morgan fingerprint density at radius 3 is 2.30 bits per heavy atom. The van der Waals surface area contributed by atoms with E-state index in [4.69, 9.17) is 0 Å². The Morgan fingerprint density at radius 1 is 1.30 bits per heavy atom. The van der Waals surface area contributed by atoms with Gasteiger partial charge in [-0.15, -0.1) is 0 Å². The van der Waals surface area contributed by atoms with E-state index in [1.54, 1.807) is 0 Å². The Morgan fingerprint density at radius 2 is 1.90 bits per heavy atom. The number of benzene rings is 1. The number of rotatable bonds is 2. The molecule has 0 saturated carbocycles. The normalized spacial score (nSPS) is 9.30. The van der Waals surface area contributed by atoms with Crippen molar-refractivity contribution in [2.45, 2.75) is 5.75 Å². The summed E-state index contributed by atoms with van der Waals surface area (Å²) in [6, 6.07) is 8.20. The van der Waals surface area contributed by atoms with Crippen molar-refractivity contribution in [2.75, 3.05) is 0 Å². The Labute approximate surface area is 67.0 Å².